The average Bonchev–Trinajstić information content (AvgIpc) is 3.17. The molecule has 0 radical (unpaired) electrons. The summed E-state index contributed by atoms with van der Waals surface area (Å²) in [4.78, 5) is 34.4. The van der Waals surface area contributed by atoms with Crippen LogP contribution in [0.2, 0.25) is 0 Å². The number of amides is 2. The molecule has 1 saturated heterocycles. The summed E-state index contributed by atoms with van der Waals surface area (Å²) >= 11 is 0. The van der Waals surface area contributed by atoms with Gasteiger partial charge in [0.1, 0.15) is 0 Å². The molecular formula is C26H30N4O2. The van der Waals surface area contributed by atoms with Crippen LogP contribution in [0.25, 0.3) is 11.1 Å². The number of carbonyl (C=O) groups is 2. The normalized spacial score (nSPS) is 16.8. The van der Waals surface area contributed by atoms with E-state index in [4.69, 9.17) is 0 Å². The molecule has 2 aromatic carbocycles. The van der Waals surface area contributed by atoms with Crippen LogP contribution in [0.5, 0.6) is 0 Å². The minimum absolute atomic E-state index is 0.112. The summed E-state index contributed by atoms with van der Waals surface area (Å²) in [5.41, 5.74) is 4.61. The van der Waals surface area contributed by atoms with Crippen molar-refractivity contribution in [2.75, 3.05) is 26.2 Å². The fourth-order valence-corrected chi connectivity index (χ4v) is 4.39. The highest BCUT2D eigenvalue weighted by molar-refractivity contribution is 5.91. The molecular weight excluding hydrogens is 400 g/mol. The Balaban J connectivity index is 1.64. The summed E-state index contributed by atoms with van der Waals surface area (Å²) in [6.07, 6.45) is 3.98. The van der Waals surface area contributed by atoms with E-state index in [9.17, 15) is 9.59 Å². The van der Waals surface area contributed by atoms with Crippen LogP contribution < -0.4 is 0 Å². The van der Waals surface area contributed by atoms with Crippen LogP contribution in [0.1, 0.15) is 28.7 Å². The molecule has 1 atom stereocenters. The number of aryl methyl sites for hydroxylation is 2. The highest BCUT2D eigenvalue weighted by Gasteiger charge is 2.33. The lowest BCUT2D eigenvalue weighted by Gasteiger charge is -2.24. The predicted molar refractivity (Wildman–Crippen MR) is 125 cm³/mol. The van der Waals surface area contributed by atoms with E-state index in [1.165, 1.54) is 5.56 Å². The summed E-state index contributed by atoms with van der Waals surface area (Å²) < 4.78 is 1.73. The fraction of sp³-hybridized carbons (Fsp3) is 0.346. The first-order valence-electron chi connectivity index (χ1n) is 11.2. The topological polar surface area (TPSA) is 58.4 Å². The Kier molecular flexibility index (Phi) is 6.40. The van der Waals surface area contributed by atoms with Crippen molar-refractivity contribution in [3.8, 4) is 11.1 Å². The molecule has 0 bridgehead atoms. The van der Waals surface area contributed by atoms with Gasteiger partial charge in [0.05, 0.1) is 5.92 Å². The molecule has 0 unspecified atom stereocenters. The van der Waals surface area contributed by atoms with Gasteiger partial charge in [0, 0.05) is 45.6 Å². The molecule has 1 fully saturated rings. The second kappa shape index (κ2) is 9.39. The van der Waals surface area contributed by atoms with E-state index in [1.807, 2.05) is 31.0 Å². The van der Waals surface area contributed by atoms with E-state index in [0.717, 1.165) is 16.7 Å². The first-order chi connectivity index (χ1) is 15.5. The predicted octanol–water partition coefficient (Wildman–Crippen LogP) is 3.56. The van der Waals surface area contributed by atoms with Gasteiger partial charge in [0.25, 0.3) is 5.91 Å². The van der Waals surface area contributed by atoms with Gasteiger partial charge in [-0.15, -0.1) is 0 Å². The maximum atomic E-state index is 13.4. The van der Waals surface area contributed by atoms with Crippen LogP contribution in [-0.4, -0.2) is 57.3 Å². The molecule has 32 heavy (non-hydrogen) atoms. The number of aromatic nitrogens is 2. The van der Waals surface area contributed by atoms with Gasteiger partial charge in [-0.3, -0.25) is 9.59 Å². The molecule has 3 aromatic rings. The number of rotatable bonds is 5. The summed E-state index contributed by atoms with van der Waals surface area (Å²) in [6, 6.07) is 16.7. The van der Waals surface area contributed by atoms with Gasteiger partial charge in [-0.1, -0.05) is 54.1 Å². The summed E-state index contributed by atoms with van der Waals surface area (Å²) in [7, 11) is 1.82. The molecule has 2 amide bonds. The molecule has 1 aromatic heterocycles. The molecule has 0 N–H and O–H groups in total. The van der Waals surface area contributed by atoms with Crippen molar-refractivity contribution in [3.05, 3.63) is 77.9 Å². The number of imidazole rings is 1. The lowest BCUT2D eigenvalue weighted by molar-refractivity contribution is -0.134. The zero-order chi connectivity index (χ0) is 22.7. The van der Waals surface area contributed by atoms with E-state index < -0.39 is 0 Å². The Labute approximate surface area is 189 Å². The molecule has 1 aliphatic heterocycles. The smallest absolute Gasteiger partial charge is 0.289 e. The minimum atomic E-state index is -0.298. The third kappa shape index (κ3) is 4.44. The Morgan fingerprint density at radius 3 is 2.53 bits per heavy atom. The number of nitrogens with zero attached hydrogens (tertiary/aromatic N) is 4. The van der Waals surface area contributed by atoms with Crippen molar-refractivity contribution < 1.29 is 9.59 Å². The van der Waals surface area contributed by atoms with Gasteiger partial charge in [0.2, 0.25) is 5.91 Å². The third-order valence-electron chi connectivity index (χ3n) is 6.27. The largest absolute Gasteiger partial charge is 0.341 e. The molecule has 1 aliphatic rings. The monoisotopic (exact) mass is 430 g/mol. The first kappa shape index (κ1) is 21.8. The molecule has 166 valence electrons. The maximum Gasteiger partial charge on any atom is 0.289 e. The summed E-state index contributed by atoms with van der Waals surface area (Å²) in [5, 5.41) is 0. The van der Waals surface area contributed by atoms with E-state index in [-0.39, 0.29) is 17.7 Å². The van der Waals surface area contributed by atoms with Crippen molar-refractivity contribution in [2.45, 2.75) is 20.3 Å². The highest BCUT2D eigenvalue weighted by Crippen LogP contribution is 2.28. The van der Waals surface area contributed by atoms with Crippen LogP contribution in [0.3, 0.4) is 0 Å². The number of carbonyl (C=O) groups excluding carboxylic acids is 2. The molecule has 6 nitrogen and oxygen atoms in total. The highest BCUT2D eigenvalue weighted by atomic mass is 16.2. The Morgan fingerprint density at radius 1 is 1.09 bits per heavy atom. The summed E-state index contributed by atoms with van der Waals surface area (Å²) in [5.74, 6) is 0.0934. The van der Waals surface area contributed by atoms with Gasteiger partial charge < -0.3 is 14.4 Å². The lowest BCUT2D eigenvalue weighted by atomic mass is 9.91. The van der Waals surface area contributed by atoms with Crippen molar-refractivity contribution in [2.24, 2.45) is 13.0 Å². The first-order valence-corrected chi connectivity index (χ1v) is 11.2. The van der Waals surface area contributed by atoms with Crippen LogP contribution in [0.15, 0.2) is 60.9 Å². The lowest BCUT2D eigenvalue weighted by Crippen LogP contribution is -2.38. The van der Waals surface area contributed by atoms with E-state index in [1.54, 1.807) is 21.9 Å². The van der Waals surface area contributed by atoms with Gasteiger partial charge in [-0.2, -0.15) is 0 Å². The van der Waals surface area contributed by atoms with Crippen molar-refractivity contribution in [3.63, 3.8) is 0 Å². The zero-order valence-corrected chi connectivity index (χ0v) is 19.0. The van der Waals surface area contributed by atoms with Crippen LogP contribution in [-0.2, 0) is 18.3 Å². The van der Waals surface area contributed by atoms with Gasteiger partial charge in [-0.05, 0) is 37.0 Å². The molecule has 2 heterocycles. The van der Waals surface area contributed by atoms with E-state index in [0.29, 0.717) is 38.4 Å². The fourth-order valence-electron chi connectivity index (χ4n) is 4.39. The number of benzene rings is 2. The third-order valence-corrected chi connectivity index (χ3v) is 6.27. The van der Waals surface area contributed by atoms with E-state index in [2.05, 4.69) is 48.3 Å². The molecule has 4 rings (SSSR count). The van der Waals surface area contributed by atoms with E-state index >= 15 is 0 Å². The van der Waals surface area contributed by atoms with Gasteiger partial charge in [-0.25, -0.2) is 4.98 Å². The number of hydrogen-bond donors (Lipinski definition) is 0. The molecule has 0 spiro atoms. The quantitative estimate of drug-likeness (QED) is 0.622. The van der Waals surface area contributed by atoms with Crippen molar-refractivity contribution >= 4 is 11.8 Å². The minimum Gasteiger partial charge on any atom is -0.341 e. The second-order valence-electron chi connectivity index (χ2n) is 8.46. The Bertz CT molecular complexity index is 1100. The molecule has 6 heteroatoms. The SMILES string of the molecule is CCN1CCN(C(=O)c2nccn2C)C[C@H](Cc2ccccc2-c2ccc(C)cc2)C1=O. The van der Waals surface area contributed by atoms with Crippen LogP contribution in [0, 0.1) is 12.8 Å². The standard InChI is InChI=1S/C26H30N4O2/c1-4-29-15-16-30(26(32)24-27-13-14-28(24)3)18-22(25(29)31)17-21-7-5-6-8-23(21)20-11-9-19(2)10-12-20/h5-14,22H,4,15-18H2,1-3H3/t22-/m0/s1. The number of likely N-dealkylation sites (N-methyl/N-ethyl adjacent to an activating group) is 1. The van der Waals surface area contributed by atoms with Crippen LogP contribution in [0.4, 0.5) is 0 Å². The Morgan fingerprint density at radius 2 is 1.84 bits per heavy atom. The second-order valence-corrected chi connectivity index (χ2v) is 8.46. The molecule has 0 aliphatic carbocycles. The number of hydrogen-bond acceptors (Lipinski definition) is 3. The zero-order valence-electron chi connectivity index (χ0n) is 19.0. The van der Waals surface area contributed by atoms with Gasteiger partial charge in [0.15, 0.2) is 5.82 Å². The van der Waals surface area contributed by atoms with Crippen molar-refractivity contribution in [1.82, 2.24) is 19.4 Å². The maximum absolute atomic E-state index is 13.4. The Hall–Kier alpha value is -3.41. The van der Waals surface area contributed by atoms with Gasteiger partial charge >= 0.3 is 0 Å². The van der Waals surface area contributed by atoms with Crippen molar-refractivity contribution in [1.29, 1.82) is 0 Å². The summed E-state index contributed by atoms with van der Waals surface area (Å²) in [6.45, 7) is 6.16. The molecule has 0 saturated carbocycles. The van der Waals surface area contributed by atoms with Crippen LogP contribution >= 0.6 is 0 Å². The average molecular weight is 431 g/mol.